The van der Waals surface area contributed by atoms with E-state index < -0.39 is 31.7 Å². The molecule has 0 bridgehead atoms. The number of aliphatic hydroxyl groups is 2. The van der Waals surface area contributed by atoms with Crippen LogP contribution >= 0.6 is 0 Å². The van der Waals surface area contributed by atoms with Gasteiger partial charge in [-0.1, -0.05) is 52.7 Å². The van der Waals surface area contributed by atoms with Gasteiger partial charge in [-0.25, -0.2) is 21.6 Å². The topological polar surface area (TPSA) is 138 Å². The fourth-order valence-electron chi connectivity index (χ4n) is 10.2. The summed E-state index contributed by atoms with van der Waals surface area (Å²) in [7, 11) is -7.62. The summed E-state index contributed by atoms with van der Waals surface area (Å²) in [6.07, 6.45) is 9.77. The second-order valence-electron chi connectivity index (χ2n) is 15.0. The van der Waals surface area contributed by atoms with Crippen molar-refractivity contribution < 1.29 is 31.8 Å². The van der Waals surface area contributed by atoms with Gasteiger partial charge in [0.05, 0.1) is 22.0 Å². The first-order chi connectivity index (χ1) is 20.4. The number of hydrogen-bond acceptors (Lipinski definition) is 7. The van der Waals surface area contributed by atoms with Crippen LogP contribution in [0.1, 0.15) is 86.0 Å². The summed E-state index contributed by atoms with van der Waals surface area (Å²) >= 11 is 0. The van der Waals surface area contributed by atoms with Crippen LogP contribution in [0.5, 0.6) is 0 Å². The molecule has 1 amide bonds. The number of carbonyl (C=O) groups excluding carboxylic acids is 1. The van der Waals surface area contributed by atoms with E-state index in [9.17, 15) is 31.8 Å². The number of fused-ring (bicyclic) bond motifs is 5. The number of sulfonamides is 1. The largest absolute Gasteiger partial charge is 0.393 e. The van der Waals surface area contributed by atoms with Crippen molar-refractivity contribution in [2.75, 3.05) is 6.26 Å². The molecule has 0 radical (unpaired) electrons. The van der Waals surface area contributed by atoms with Gasteiger partial charge >= 0.3 is 0 Å². The number of nitrogens with one attached hydrogen (secondary N) is 1. The molecule has 8 nitrogen and oxygen atoms in total. The third-order valence-corrected chi connectivity index (χ3v) is 15.0. The summed E-state index contributed by atoms with van der Waals surface area (Å²) in [5, 5.41) is 22.5. The van der Waals surface area contributed by atoms with Gasteiger partial charge in [0, 0.05) is 12.2 Å². The van der Waals surface area contributed by atoms with Crippen molar-refractivity contribution in [2.24, 2.45) is 52.3 Å². The van der Waals surface area contributed by atoms with Crippen LogP contribution in [0.4, 0.5) is 0 Å². The Morgan fingerprint density at radius 1 is 0.977 bits per heavy atom. The third kappa shape index (κ3) is 5.71. The minimum atomic E-state index is -4.15. The fraction of sp³-hybridized carbons (Fsp3) is 0.735. The van der Waals surface area contributed by atoms with E-state index in [2.05, 4.69) is 38.5 Å². The minimum absolute atomic E-state index is 0.00747. The zero-order chi connectivity index (χ0) is 32.4. The van der Waals surface area contributed by atoms with E-state index >= 15 is 0 Å². The smallest absolute Gasteiger partial charge is 0.264 e. The highest BCUT2D eigenvalue weighted by Gasteiger charge is 2.63. The molecule has 1 aromatic rings. The number of allylic oxidation sites excluding steroid dienone is 2. The van der Waals surface area contributed by atoms with E-state index in [0.29, 0.717) is 24.2 Å². The summed E-state index contributed by atoms with van der Waals surface area (Å²) in [6.45, 7) is 10.8. The average Bonchev–Trinajstić information content (AvgIpc) is 3.30. The van der Waals surface area contributed by atoms with Crippen LogP contribution < -0.4 is 4.72 Å². The zero-order valence-corrected chi connectivity index (χ0v) is 28.6. The molecular weight excluding hydrogens is 599 g/mol. The lowest BCUT2D eigenvalue weighted by Crippen LogP contribution is -2.62. The van der Waals surface area contributed by atoms with E-state index in [-0.39, 0.29) is 50.6 Å². The molecule has 3 saturated carbocycles. The Balaban J connectivity index is 1.28. The predicted octanol–water partition coefficient (Wildman–Crippen LogP) is 5.10. The summed E-state index contributed by atoms with van der Waals surface area (Å²) in [5.74, 6) is 0.414. The van der Waals surface area contributed by atoms with Gasteiger partial charge in [0.1, 0.15) is 0 Å². The van der Waals surface area contributed by atoms with Crippen LogP contribution in [0.3, 0.4) is 0 Å². The quantitative estimate of drug-likeness (QED) is 0.333. The minimum Gasteiger partial charge on any atom is -0.393 e. The summed E-state index contributed by atoms with van der Waals surface area (Å²) < 4.78 is 51.5. The SMILES string of the molecule is CC[C@H]1[C@@H](O)C2C3CC=C([C@H](C)CC(C)C(=O)NS(=O)(=O)c4ccc(S(C)(=O)=O)cc4)[C@@]3(C)CCC2[C@@]2(C)CC[C@@H](O)C[C@@H]12. The third-order valence-electron chi connectivity index (χ3n) is 12.5. The van der Waals surface area contributed by atoms with Crippen LogP contribution in [-0.2, 0) is 24.7 Å². The maximum atomic E-state index is 13.1. The first-order valence-corrected chi connectivity index (χ1v) is 19.7. The Kier molecular flexibility index (Phi) is 9.01. The molecule has 4 aliphatic rings. The van der Waals surface area contributed by atoms with Crippen LogP contribution in [0.15, 0.2) is 45.7 Å². The van der Waals surface area contributed by atoms with Crippen LogP contribution in [0.25, 0.3) is 0 Å². The van der Waals surface area contributed by atoms with Gasteiger partial charge < -0.3 is 10.2 Å². The summed E-state index contributed by atoms with van der Waals surface area (Å²) in [5.41, 5.74) is 1.37. The average molecular weight is 650 g/mol. The normalized spacial score (nSPS) is 38.5. The van der Waals surface area contributed by atoms with Gasteiger partial charge in [-0.15, -0.1) is 0 Å². The van der Waals surface area contributed by atoms with E-state index in [1.54, 1.807) is 6.92 Å². The number of hydrogen-bond donors (Lipinski definition) is 3. The standard InChI is InChI=1S/C34H51NO7S2/c1-7-25-29-19-22(36)14-16-34(29,5)28-15-17-33(4)26(12-13-27(33)30(28)31(25)37)20(2)18-21(3)32(38)35-44(41,42)24-10-8-23(9-11-24)43(6,39)40/h8-12,20-22,25,27-31,36-37H,7,13-19H2,1-6H3,(H,35,38)/t20-,21?,22-,25-,27?,28?,29+,30?,31-,33-,34-/m1/s1. The Labute approximate surface area is 264 Å². The molecule has 1 aromatic carbocycles. The monoisotopic (exact) mass is 649 g/mol. The van der Waals surface area contributed by atoms with Crippen molar-refractivity contribution in [1.82, 2.24) is 4.72 Å². The Morgan fingerprint density at radius 3 is 2.23 bits per heavy atom. The number of carbonyl (C=O) groups is 1. The van der Waals surface area contributed by atoms with Crippen LogP contribution in [0.2, 0.25) is 0 Å². The van der Waals surface area contributed by atoms with Crippen LogP contribution in [0, 0.1) is 52.3 Å². The second kappa shape index (κ2) is 11.8. The first-order valence-electron chi connectivity index (χ1n) is 16.4. The number of amides is 1. The number of sulfone groups is 1. The molecule has 3 fully saturated rings. The van der Waals surface area contributed by atoms with Gasteiger partial charge in [-0.05, 0) is 116 Å². The highest BCUT2D eigenvalue weighted by atomic mass is 32.2. The molecule has 5 rings (SSSR count). The van der Waals surface area contributed by atoms with Gasteiger partial charge in [0.15, 0.2) is 9.84 Å². The molecule has 0 aromatic heterocycles. The number of aliphatic hydroxyl groups excluding tert-OH is 2. The molecule has 11 atom stereocenters. The predicted molar refractivity (Wildman–Crippen MR) is 170 cm³/mol. The Bertz CT molecular complexity index is 1500. The highest BCUT2D eigenvalue weighted by Crippen LogP contribution is 2.68. The zero-order valence-electron chi connectivity index (χ0n) is 27.0. The lowest BCUT2D eigenvalue weighted by atomic mass is 9.41. The van der Waals surface area contributed by atoms with Crippen LogP contribution in [-0.4, -0.2) is 51.4 Å². The maximum Gasteiger partial charge on any atom is 0.264 e. The van der Waals surface area contributed by atoms with E-state index in [4.69, 9.17) is 0 Å². The van der Waals surface area contributed by atoms with Gasteiger partial charge in [-0.3, -0.25) is 4.79 Å². The van der Waals surface area contributed by atoms with Gasteiger partial charge in [-0.2, -0.15) is 0 Å². The Hall–Kier alpha value is -1.75. The van der Waals surface area contributed by atoms with Crippen molar-refractivity contribution in [1.29, 1.82) is 0 Å². The van der Waals surface area contributed by atoms with Crippen molar-refractivity contribution in [3.8, 4) is 0 Å². The molecule has 246 valence electrons. The molecule has 0 aliphatic heterocycles. The summed E-state index contributed by atoms with van der Waals surface area (Å²) in [6, 6.07) is 4.84. The van der Waals surface area contributed by atoms with E-state index in [1.807, 2.05) is 0 Å². The molecule has 0 heterocycles. The van der Waals surface area contributed by atoms with Crippen molar-refractivity contribution >= 4 is 25.8 Å². The van der Waals surface area contributed by atoms with Crippen molar-refractivity contribution in [3.05, 3.63) is 35.9 Å². The first kappa shape index (κ1) is 33.6. The second-order valence-corrected chi connectivity index (χ2v) is 18.7. The highest BCUT2D eigenvalue weighted by molar-refractivity contribution is 7.91. The van der Waals surface area contributed by atoms with E-state index in [1.165, 1.54) is 29.8 Å². The molecule has 44 heavy (non-hydrogen) atoms. The maximum absolute atomic E-state index is 13.1. The molecular formula is C34H51NO7S2. The molecule has 0 spiro atoms. The van der Waals surface area contributed by atoms with Gasteiger partial charge in [0.2, 0.25) is 5.91 Å². The Morgan fingerprint density at radius 2 is 1.61 bits per heavy atom. The van der Waals surface area contributed by atoms with Crippen molar-refractivity contribution in [3.63, 3.8) is 0 Å². The lowest BCUT2D eigenvalue weighted by Gasteiger charge is -2.64. The molecule has 3 N–H and O–H groups in total. The molecule has 10 heteroatoms. The lowest BCUT2D eigenvalue weighted by molar-refractivity contribution is -0.197. The molecule has 4 aliphatic carbocycles. The molecule has 0 saturated heterocycles. The number of rotatable bonds is 8. The summed E-state index contributed by atoms with van der Waals surface area (Å²) in [4.78, 5) is 13.0. The van der Waals surface area contributed by atoms with Crippen molar-refractivity contribution in [2.45, 2.75) is 108 Å². The van der Waals surface area contributed by atoms with E-state index in [0.717, 1.165) is 51.2 Å². The fourth-order valence-corrected chi connectivity index (χ4v) is 12.0. The van der Waals surface area contributed by atoms with Gasteiger partial charge in [0.25, 0.3) is 10.0 Å². The molecule has 4 unspecified atom stereocenters. The number of benzene rings is 1.